The summed E-state index contributed by atoms with van der Waals surface area (Å²) in [5.41, 5.74) is -1.27. The van der Waals surface area contributed by atoms with Crippen molar-refractivity contribution in [2.75, 3.05) is 0 Å². The normalized spacial score (nSPS) is 25.4. The quantitative estimate of drug-likeness (QED) is 0.353. The summed E-state index contributed by atoms with van der Waals surface area (Å²) in [6, 6.07) is 0. The number of Topliss-reactive ketones (excluding diaryl/α,β-unsaturated/α-hetero) is 1. The SMILES string of the molecule is CC(C)(C)OC(=O)CCC(=O)[C@]1(C)CC/C=C/[C@H](OC(=O)ON2C(=O)CCC2=O)CC1. The van der Waals surface area contributed by atoms with Crippen molar-refractivity contribution in [3.05, 3.63) is 12.2 Å². The van der Waals surface area contributed by atoms with Crippen LogP contribution in [0.15, 0.2) is 12.2 Å². The molecule has 0 bridgehead atoms. The molecule has 1 aliphatic carbocycles. The average Bonchev–Trinajstić information content (AvgIpc) is 2.96. The molecule has 1 aliphatic heterocycles. The highest BCUT2D eigenvalue weighted by Gasteiger charge is 2.36. The fourth-order valence-corrected chi connectivity index (χ4v) is 3.50. The van der Waals surface area contributed by atoms with Gasteiger partial charge in [0.05, 0.1) is 6.42 Å². The van der Waals surface area contributed by atoms with Crippen LogP contribution in [0.25, 0.3) is 0 Å². The molecule has 9 nitrogen and oxygen atoms in total. The molecule has 2 amide bonds. The molecule has 0 radical (unpaired) electrons. The van der Waals surface area contributed by atoms with Gasteiger partial charge in [-0.3, -0.25) is 24.0 Å². The van der Waals surface area contributed by atoms with E-state index in [1.165, 1.54) is 0 Å². The Labute approximate surface area is 182 Å². The average molecular weight is 437 g/mol. The van der Waals surface area contributed by atoms with Crippen LogP contribution < -0.4 is 0 Å². The molecule has 2 rings (SSSR count). The lowest BCUT2D eigenvalue weighted by molar-refractivity contribution is -0.178. The number of ketones is 1. The molecule has 1 saturated heterocycles. The van der Waals surface area contributed by atoms with Gasteiger partial charge in [-0.15, -0.1) is 0 Å². The highest BCUT2D eigenvalue weighted by Crippen LogP contribution is 2.35. The minimum atomic E-state index is -1.14. The molecular formula is C22H31NO8. The highest BCUT2D eigenvalue weighted by atomic mass is 16.8. The van der Waals surface area contributed by atoms with E-state index in [0.29, 0.717) is 30.7 Å². The number of nitrogens with zero attached hydrogens (tertiary/aromatic N) is 1. The van der Waals surface area contributed by atoms with Gasteiger partial charge in [-0.2, -0.15) is 0 Å². The Morgan fingerprint density at radius 3 is 2.35 bits per heavy atom. The van der Waals surface area contributed by atoms with E-state index in [0.717, 1.165) is 0 Å². The van der Waals surface area contributed by atoms with Gasteiger partial charge in [0, 0.05) is 24.7 Å². The van der Waals surface area contributed by atoms with Crippen LogP contribution in [0, 0.1) is 5.41 Å². The van der Waals surface area contributed by atoms with E-state index in [9.17, 15) is 24.0 Å². The van der Waals surface area contributed by atoms with E-state index < -0.39 is 41.1 Å². The first-order chi connectivity index (χ1) is 14.4. The number of carbonyl (C=O) groups excluding carboxylic acids is 5. The lowest BCUT2D eigenvalue weighted by Crippen LogP contribution is -2.34. The topological polar surface area (TPSA) is 116 Å². The Hall–Kier alpha value is -2.71. The molecule has 0 aromatic carbocycles. The number of ether oxygens (including phenoxy) is 2. The third-order valence-electron chi connectivity index (χ3n) is 5.26. The van der Waals surface area contributed by atoms with Crippen molar-refractivity contribution in [1.82, 2.24) is 5.06 Å². The number of allylic oxidation sites excluding steroid dienone is 1. The number of imide groups is 1. The maximum atomic E-state index is 12.8. The summed E-state index contributed by atoms with van der Waals surface area (Å²) >= 11 is 0. The summed E-state index contributed by atoms with van der Waals surface area (Å²) in [6.45, 7) is 7.17. The second kappa shape index (κ2) is 10.1. The van der Waals surface area contributed by atoms with Gasteiger partial charge in [0.2, 0.25) is 0 Å². The molecule has 31 heavy (non-hydrogen) atoms. The third kappa shape index (κ3) is 7.48. The first-order valence-corrected chi connectivity index (χ1v) is 10.6. The number of hydrogen-bond donors (Lipinski definition) is 0. The zero-order valence-electron chi connectivity index (χ0n) is 18.6. The molecular weight excluding hydrogens is 406 g/mol. The molecule has 172 valence electrons. The molecule has 1 heterocycles. The Morgan fingerprint density at radius 2 is 1.74 bits per heavy atom. The third-order valence-corrected chi connectivity index (χ3v) is 5.26. The molecule has 0 saturated carbocycles. The fourth-order valence-electron chi connectivity index (χ4n) is 3.50. The van der Waals surface area contributed by atoms with Gasteiger partial charge >= 0.3 is 12.1 Å². The number of hydroxylamine groups is 2. The van der Waals surface area contributed by atoms with E-state index in [4.69, 9.17) is 14.3 Å². The van der Waals surface area contributed by atoms with Crippen molar-refractivity contribution in [2.24, 2.45) is 5.41 Å². The van der Waals surface area contributed by atoms with E-state index in [2.05, 4.69) is 0 Å². The Balaban J connectivity index is 1.88. The van der Waals surface area contributed by atoms with Gasteiger partial charge in [0.25, 0.3) is 11.8 Å². The van der Waals surface area contributed by atoms with Crippen molar-refractivity contribution in [2.45, 2.75) is 90.8 Å². The summed E-state index contributed by atoms with van der Waals surface area (Å²) in [4.78, 5) is 64.6. The monoisotopic (exact) mass is 437 g/mol. The largest absolute Gasteiger partial charge is 0.534 e. The number of amides is 2. The summed E-state index contributed by atoms with van der Waals surface area (Å²) < 4.78 is 10.5. The van der Waals surface area contributed by atoms with Crippen LogP contribution in [-0.2, 0) is 33.5 Å². The number of esters is 1. The molecule has 0 aromatic rings. The van der Waals surface area contributed by atoms with Crippen LogP contribution in [0.1, 0.15) is 79.1 Å². The van der Waals surface area contributed by atoms with E-state index >= 15 is 0 Å². The van der Waals surface area contributed by atoms with Crippen molar-refractivity contribution in [3.8, 4) is 0 Å². The molecule has 0 unspecified atom stereocenters. The molecule has 1 fully saturated rings. The van der Waals surface area contributed by atoms with E-state index in [1.54, 1.807) is 26.8 Å². The van der Waals surface area contributed by atoms with Crippen molar-refractivity contribution < 1.29 is 38.3 Å². The smallest absolute Gasteiger partial charge is 0.460 e. The highest BCUT2D eigenvalue weighted by molar-refractivity contribution is 6.01. The number of rotatable bonds is 6. The second-order valence-corrected chi connectivity index (χ2v) is 9.16. The van der Waals surface area contributed by atoms with Gasteiger partial charge in [-0.05, 0) is 52.5 Å². The first kappa shape index (κ1) is 24.6. The maximum Gasteiger partial charge on any atom is 0.534 e. The molecule has 2 atom stereocenters. The summed E-state index contributed by atoms with van der Waals surface area (Å²) in [7, 11) is 0. The van der Waals surface area contributed by atoms with Crippen LogP contribution in [0.3, 0.4) is 0 Å². The lowest BCUT2D eigenvalue weighted by atomic mass is 9.74. The van der Waals surface area contributed by atoms with E-state index in [1.807, 2.05) is 13.0 Å². The zero-order chi connectivity index (χ0) is 23.2. The molecule has 9 heteroatoms. The summed E-state index contributed by atoms with van der Waals surface area (Å²) in [5, 5.41) is 0.430. The van der Waals surface area contributed by atoms with Gasteiger partial charge in [-0.1, -0.05) is 18.1 Å². The standard InChI is InChI=1S/C22H31NO8/c1-21(2,3)30-19(27)11-8-16(24)22(4)13-6-5-7-15(12-14-22)29-20(28)31-23-17(25)9-10-18(23)26/h5,7,15H,6,8-14H2,1-4H3/b7-5+/t15-,22+/m0/s1. The summed E-state index contributed by atoms with van der Waals surface area (Å²) in [6.07, 6.45) is 3.87. The predicted molar refractivity (Wildman–Crippen MR) is 108 cm³/mol. The molecule has 0 spiro atoms. The number of hydrogen-bond acceptors (Lipinski definition) is 8. The Morgan fingerprint density at radius 1 is 1.10 bits per heavy atom. The minimum absolute atomic E-state index is 0.000787. The van der Waals surface area contributed by atoms with Crippen molar-refractivity contribution >= 4 is 29.7 Å². The van der Waals surface area contributed by atoms with Crippen LogP contribution in [-0.4, -0.2) is 46.5 Å². The van der Waals surface area contributed by atoms with Crippen molar-refractivity contribution in [1.29, 1.82) is 0 Å². The van der Waals surface area contributed by atoms with Crippen LogP contribution in [0.5, 0.6) is 0 Å². The fraction of sp³-hybridized carbons (Fsp3) is 0.682. The maximum absolute atomic E-state index is 12.8. The molecule has 0 N–H and O–H groups in total. The molecule has 2 aliphatic rings. The van der Waals surface area contributed by atoms with Gasteiger partial charge in [0.1, 0.15) is 17.5 Å². The van der Waals surface area contributed by atoms with Crippen LogP contribution in [0.4, 0.5) is 4.79 Å². The number of carbonyl (C=O) groups is 5. The zero-order valence-corrected chi connectivity index (χ0v) is 18.6. The van der Waals surface area contributed by atoms with Crippen LogP contribution in [0.2, 0.25) is 0 Å². The minimum Gasteiger partial charge on any atom is -0.460 e. The predicted octanol–water partition coefficient (Wildman–Crippen LogP) is 3.40. The molecule has 0 aromatic heterocycles. The van der Waals surface area contributed by atoms with Gasteiger partial charge in [-0.25, -0.2) is 4.79 Å². The Kier molecular flexibility index (Phi) is 7.97. The Bertz CT molecular complexity index is 750. The van der Waals surface area contributed by atoms with E-state index in [-0.39, 0.29) is 31.5 Å². The summed E-state index contributed by atoms with van der Waals surface area (Å²) in [5.74, 6) is -1.62. The van der Waals surface area contributed by atoms with Gasteiger partial charge in [0.15, 0.2) is 0 Å². The van der Waals surface area contributed by atoms with Gasteiger partial charge < -0.3 is 9.47 Å². The van der Waals surface area contributed by atoms with Crippen LogP contribution >= 0.6 is 0 Å². The lowest BCUT2D eigenvalue weighted by Gasteiger charge is -2.31. The first-order valence-electron chi connectivity index (χ1n) is 10.6. The second-order valence-electron chi connectivity index (χ2n) is 9.16. The van der Waals surface area contributed by atoms with Crippen molar-refractivity contribution in [3.63, 3.8) is 0 Å².